The zero-order chi connectivity index (χ0) is 16.4. The second kappa shape index (κ2) is 6.42. The Kier molecular flexibility index (Phi) is 4.35. The molecule has 2 aromatic rings. The van der Waals surface area contributed by atoms with Gasteiger partial charge in [-0.2, -0.15) is 0 Å². The van der Waals surface area contributed by atoms with Gasteiger partial charge in [0, 0.05) is 0 Å². The second-order valence-electron chi connectivity index (χ2n) is 5.38. The lowest BCUT2D eigenvalue weighted by Crippen LogP contribution is -2.12. The molecule has 1 aliphatic rings. The number of methoxy groups -OCH3 is 1. The number of fused-ring (bicyclic) bond motifs is 2. The zero-order valence-electron chi connectivity index (χ0n) is 12.5. The van der Waals surface area contributed by atoms with Crippen molar-refractivity contribution in [1.82, 2.24) is 0 Å². The summed E-state index contributed by atoms with van der Waals surface area (Å²) in [4.78, 5) is 22.0. The van der Waals surface area contributed by atoms with E-state index in [0.29, 0.717) is 18.5 Å². The molecular formula is C18H15ClO4. The Morgan fingerprint density at radius 3 is 2.61 bits per heavy atom. The van der Waals surface area contributed by atoms with Crippen LogP contribution in [0.4, 0.5) is 0 Å². The van der Waals surface area contributed by atoms with E-state index in [4.69, 9.17) is 21.1 Å². The summed E-state index contributed by atoms with van der Waals surface area (Å²) in [6.45, 7) is 0.667. The van der Waals surface area contributed by atoms with E-state index in [2.05, 4.69) is 0 Å². The van der Waals surface area contributed by atoms with Crippen molar-refractivity contribution in [1.29, 1.82) is 0 Å². The van der Waals surface area contributed by atoms with Crippen molar-refractivity contribution in [3.63, 3.8) is 0 Å². The molecule has 2 aromatic carbocycles. The summed E-state index contributed by atoms with van der Waals surface area (Å²) in [6.07, 6.45) is 0.674. The molecule has 0 saturated carbocycles. The van der Waals surface area contributed by atoms with Crippen molar-refractivity contribution in [2.24, 2.45) is 0 Å². The number of esters is 1. The molecule has 5 heteroatoms. The molecule has 3 rings (SSSR count). The van der Waals surface area contributed by atoms with Gasteiger partial charge in [-0.15, -0.1) is 11.6 Å². The van der Waals surface area contributed by atoms with Crippen LogP contribution in [0.3, 0.4) is 0 Å². The molecule has 1 atom stereocenters. The molecule has 1 unspecified atom stereocenters. The van der Waals surface area contributed by atoms with Crippen molar-refractivity contribution in [3.8, 4) is 0 Å². The molecule has 1 aliphatic carbocycles. The van der Waals surface area contributed by atoms with Crippen LogP contribution in [0, 0.1) is 0 Å². The summed E-state index contributed by atoms with van der Waals surface area (Å²) in [5.41, 5.74) is 5.55. The Hall–Kier alpha value is -2.33. The number of carbonyl (C=O) groups excluding carboxylic acids is 2. The monoisotopic (exact) mass is 330 g/mol. The number of rotatable bonds is 4. The molecule has 0 amide bonds. The van der Waals surface area contributed by atoms with Crippen molar-refractivity contribution >= 4 is 24.0 Å². The fourth-order valence-corrected chi connectivity index (χ4v) is 3.33. The van der Waals surface area contributed by atoms with Crippen LogP contribution in [0.15, 0.2) is 36.4 Å². The van der Waals surface area contributed by atoms with Crippen LogP contribution in [-0.2, 0) is 27.3 Å². The van der Waals surface area contributed by atoms with E-state index >= 15 is 0 Å². The highest BCUT2D eigenvalue weighted by atomic mass is 35.5. The highest BCUT2D eigenvalue weighted by molar-refractivity contribution is 6.23. The van der Waals surface area contributed by atoms with E-state index in [9.17, 15) is 9.59 Å². The van der Waals surface area contributed by atoms with Crippen molar-refractivity contribution in [2.45, 2.75) is 18.4 Å². The minimum Gasteiger partial charge on any atom is -0.465 e. The van der Waals surface area contributed by atoms with Crippen LogP contribution >= 0.6 is 11.6 Å². The average molecular weight is 331 g/mol. The van der Waals surface area contributed by atoms with Gasteiger partial charge in [-0.05, 0) is 46.4 Å². The highest BCUT2D eigenvalue weighted by Crippen LogP contribution is 2.40. The molecule has 0 spiro atoms. The van der Waals surface area contributed by atoms with Crippen LogP contribution < -0.4 is 0 Å². The molecule has 0 aromatic heterocycles. The first-order valence-corrected chi connectivity index (χ1v) is 7.60. The van der Waals surface area contributed by atoms with Crippen LogP contribution in [-0.4, -0.2) is 19.6 Å². The maximum Gasteiger partial charge on any atom is 0.337 e. The average Bonchev–Trinajstić information content (AvgIpc) is 2.58. The molecule has 0 bridgehead atoms. The van der Waals surface area contributed by atoms with Gasteiger partial charge in [0.05, 0.1) is 18.1 Å². The predicted octanol–water partition coefficient (Wildman–Crippen LogP) is 3.38. The van der Waals surface area contributed by atoms with E-state index < -0.39 is 0 Å². The lowest BCUT2D eigenvalue weighted by atomic mass is 9.84. The smallest absolute Gasteiger partial charge is 0.337 e. The maximum atomic E-state index is 11.7. The number of alkyl halides is 1. The first-order chi connectivity index (χ1) is 11.1. The van der Waals surface area contributed by atoms with Gasteiger partial charge in [-0.25, -0.2) is 4.79 Å². The number of ether oxygens (including phenoxy) is 2. The van der Waals surface area contributed by atoms with E-state index in [0.717, 1.165) is 27.8 Å². The Labute approximate surface area is 139 Å². The minimum atomic E-state index is -0.363. The molecule has 0 aliphatic heterocycles. The standard InChI is InChI=1S/C18H15ClO4/c1-22-18(21)12-3-5-16-14(7-12)8-13-6-11(9-23-10-20)2-4-15(13)17(16)19/h2-7,10,17H,8-9H2,1H3. The summed E-state index contributed by atoms with van der Waals surface area (Å²) in [5.74, 6) is -0.363. The molecular weight excluding hydrogens is 316 g/mol. The molecule has 0 heterocycles. The quantitative estimate of drug-likeness (QED) is 0.490. The van der Waals surface area contributed by atoms with Gasteiger partial charge in [-0.3, -0.25) is 4.79 Å². The van der Waals surface area contributed by atoms with E-state index in [1.807, 2.05) is 30.3 Å². The van der Waals surface area contributed by atoms with Gasteiger partial charge in [-0.1, -0.05) is 24.3 Å². The molecule has 0 fully saturated rings. The number of halogens is 1. The first-order valence-electron chi connectivity index (χ1n) is 7.16. The summed E-state index contributed by atoms with van der Waals surface area (Å²) < 4.78 is 9.56. The van der Waals surface area contributed by atoms with Crippen LogP contribution in [0.2, 0.25) is 0 Å². The number of carbonyl (C=O) groups is 2. The molecule has 0 N–H and O–H groups in total. The maximum absolute atomic E-state index is 11.7. The molecule has 4 nitrogen and oxygen atoms in total. The van der Waals surface area contributed by atoms with Crippen LogP contribution in [0.25, 0.3) is 0 Å². The van der Waals surface area contributed by atoms with Gasteiger partial charge in [0.15, 0.2) is 0 Å². The van der Waals surface area contributed by atoms with Crippen LogP contribution in [0.1, 0.15) is 43.6 Å². The number of hydrogen-bond acceptors (Lipinski definition) is 4. The van der Waals surface area contributed by atoms with E-state index in [1.165, 1.54) is 7.11 Å². The Balaban J connectivity index is 1.97. The predicted molar refractivity (Wildman–Crippen MR) is 85.6 cm³/mol. The van der Waals surface area contributed by atoms with Gasteiger partial charge in [0.1, 0.15) is 6.61 Å². The summed E-state index contributed by atoms with van der Waals surface area (Å²) in [6, 6.07) is 11.3. The Morgan fingerprint density at radius 1 is 1.22 bits per heavy atom. The molecule has 118 valence electrons. The molecule has 23 heavy (non-hydrogen) atoms. The van der Waals surface area contributed by atoms with Gasteiger partial charge < -0.3 is 9.47 Å². The largest absolute Gasteiger partial charge is 0.465 e. The molecule has 0 radical (unpaired) electrons. The number of hydrogen-bond donors (Lipinski definition) is 0. The lowest BCUT2D eigenvalue weighted by molar-refractivity contribution is -0.129. The SMILES string of the molecule is COC(=O)c1ccc2c(c1)Cc1cc(COC=O)ccc1C2Cl. The van der Waals surface area contributed by atoms with Gasteiger partial charge in [0.2, 0.25) is 0 Å². The van der Waals surface area contributed by atoms with Gasteiger partial charge in [0.25, 0.3) is 6.47 Å². The van der Waals surface area contributed by atoms with Crippen molar-refractivity contribution < 1.29 is 19.1 Å². The summed E-state index contributed by atoms with van der Waals surface area (Å²) in [5, 5.41) is -0.263. The number of benzene rings is 2. The summed E-state index contributed by atoms with van der Waals surface area (Å²) >= 11 is 6.60. The Morgan fingerprint density at radius 2 is 1.91 bits per heavy atom. The lowest BCUT2D eigenvalue weighted by Gasteiger charge is -2.25. The third-order valence-corrected chi connectivity index (χ3v) is 4.49. The van der Waals surface area contributed by atoms with Crippen molar-refractivity contribution in [2.75, 3.05) is 7.11 Å². The zero-order valence-corrected chi connectivity index (χ0v) is 13.3. The second-order valence-corrected chi connectivity index (χ2v) is 5.82. The van der Waals surface area contributed by atoms with Crippen LogP contribution in [0.5, 0.6) is 0 Å². The third kappa shape index (κ3) is 2.94. The summed E-state index contributed by atoms with van der Waals surface area (Å²) in [7, 11) is 1.36. The third-order valence-electron chi connectivity index (χ3n) is 4.02. The van der Waals surface area contributed by atoms with E-state index in [1.54, 1.807) is 6.07 Å². The fraction of sp³-hybridized carbons (Fsp3) is 0.222. The Bertz CT molecular complexity index is 770. The fourth-order valence-electron chi connectivity index (χ4n) is 2.90. The first kappa shape index (κ1) is 15.6. The van der Waals surface area contributed by atoms with E-state index in [-0.39, 0.29) is 18.0 Å². The highest BCUT2D eigenvalue weighted by Gasteiger charge is 2.25. The topological polar surface area (TPSA) is 52.6 Å². The van der Waals surface area contributed by atoms with Gasteiger partial charge >= 0.3 is 5.97 Å². The normalized spacial score (nSPS) is 15.3. The van der Waals surface area contributed by atoms with Crippen molar-refractivity contribution in [3.05, 3.63) is 69.8 Å². The molecule has 0 saturated heterocycles. The minimum absolute atomic E-state index is 0.235.